The van der Waals surface area contributed by atoms with Crippen molar-refractivity contribution in [1.82, 2.24) is 4.90 Å². The van der Waals surface area contributed by atoms with Crippen LogP contribution < -0.4 is 5.73 Å². The fourth-order valence-electron chi connectivity index (χ4n) is 1.66. The summed E-state index contributed by atoms with van der Waals surface area (Å²) in [6.45, 7) is 0.876. The number of hydrogen-bond acceptors (Lipinski definition) is 3. The van der Waals surface area contributed by atoms with E-state index >= 15 is 0 Å². The molecule has 5 heteroatoms. The zero-order chi connectivity index (χ0) is 13.5. The molecule has 0 aliphatic heterocycles. The van der Waals surface area contributed by atoms with Crippen molar-refractivity contribution in [2.24, 2.45) is 0 Å². The summed E-state index contributed by atoms with van der Waals surface area (Å²) in [4.78, 5) is 13.8. The molecule has 100 valence electrons. The summed E-state index contributed by atoms with van der Waals surface area (Å²) in [5.41, 5.74) is 6.82. The number of hydrogen-bond donors (Lipinski definition) is 2. The van der Waals surface area contributed by atoms with E-state index < -0.39 is 0 Å². The van der Waals surface area contributed by atoms with Gasteiger partial charge in [-0.1, -0.05) is 15.9 Å². The van der Waals surface area contributed by atoms with Crippen LogP contribution in [0.5, 0.6) is 0 Å². The van der Waals surface area contributed by atoms with E-state index in [1.165, 1.54) is 0 Å². The van der Waals surface area contributed by atoms with Gasteiger partial charge < -0.3 is 15.7 Å². The molecule has 0 saturated heterocycles. The number of rotatable bonds is 6. The van der Waals surface area contributed by atoms with Crippen LogP contribution in [0, 0.1) is 0 Å². The molecule has 0 atom stereocenters. The lowest BCUT2D eigenvalue weighted by molar-refractivity contribution is 0.0793. The second-order valence-corrected chi connectivity index (χ2v) is 5.16. The van der Waals surface area contributed by atoms with Gasteiger partial charge >= 0.3 is 0 Å². The number of carbonyl (C=O) groups excluding carboxylic acids is 1. The SMILES string of the molecule is CN(CCCCCO)C(=O)c1cc(Br)ccc1N. The van der Waals surface area contributed by atoms with Crippen molar-refractivity contribution in [3.05, 3.63) is 28.2 Å². The minimum absolute atomic E-state index is 0.0715. The largest absolute Gasteiger partial charge is 0.398 e. The standard InChI is InChI=1S/C13H19BrN2O2/c1-16(7-3-2-4-8-17)13(18)11-9-10(14)5-6-12(11)15/h5-6,9,17H,2-4,7-8,15H2,1H3. The van der Waals surface area contributed by atoms with Gasteiger partial charge in [-0.15, -0.1) is 0 Å². The summed E-state index contributed by atoms with van der Waals surface area (Å²) in [6, 6.07) is 5.27. The first-order chi connectivity index (χ1) is 8.56. The van der Waals surface area contributed by atoms with Crippen molar-refractivity contribution >= 4 is 27.5 Å². The molecule has 1 amide bonds. The van der Waals surface area contributed by atoms with Crippen LogP contribution in [-0.2, 0) is 0 Å². The number of unbranched alkanes of at least 4 members (excludes halogenated alkanes) is 2. The normalized spacial score (nSPS) is 10.4. The Kier molecular flexibility index (Phi) is 6.15. The molecule has 3 N–H and O–H groups in total. The van der Waals surface area contributed by atoms with Crippen molar-refractivity contribution in [1.29, 1.82) is 0 Å². The van der Waals surface area contributed by atoms with Crippen LogP contribution in [0.2, 0.25) is 0 Å². The zero-order valence-electron chi connectivity index (χ0n) is 10.5. The van der Waals surface area contributed by atoms with Gasteiger partial charge in [-0.25, -0.2) is 0 Å². The Bertz CT molecular complexity index is 410. The molecule has 0 aliphatic carbocycles. The summed E-state index contributed by atoms with van der Waals surface area (Å²) >= 11 is 3.33. The van der Waals surface area contributed by atoms with Crippen LogP contribution >= 0.6 is 15.9 Å². The molecular weight excluding hydrogens is 296 g/mol. The van der Waals surface area contributed by atoms with Gasteiger partial charge in [0.2, 0.25) is 0 Å². The molecule has 18 heavy (non-hydrogen) atoms. The molecule has 0 radical (unpaired) electrons. The predicted octanol–water partition coefficient (Wildman–Crippen LogP) is 2.27. The van der Waals surface area contributed by atoms with Gasteiger partial charge in [-0.05, 0) is 37.5 Å². The Morgan fingerprint density at radius 3 is 2.78 bits per heavy atom. The van der Waals surface area contributed by atoms with Gasteiger partial charge in [0.25, 0.3) is 5.91 Å². The van der Waals surface area contributed by atoms with Gasteiger partial charge in [-0.2, -0.15) is 0 Å². The molecule has 0 unspecified atom stereocenters. The molecular formula is C13H19BrN2O2. The van der Waals surface area contributed by atoms with E-state index in [1.807, 2.05) is 6.07 Å². The highest BCUT2D eigenvalue weighted by molar-refractivity contribution is 9.10. The molecule has 0 heterocycles. The number of aliphatic hydroxyl groups is 1. The Hall–Kier alpha value is -1.07. The van der Waals surface area contributed by atoms with Crippen molar-refractivity contribution in [2.75, 3.05) is 25.9 Å². The Morgan fingerprint density at radius 2 is 2.11 bits per heavy atom. The van der Waals surface area contributed by atoms with E-state index in [-0.39, 0.29) is 12.5 Å². The lowest BCUT2D eigenvalue weighted by Gasteiger charge is -2.18. The molecule has 0 spiro atoms. The summed E-state index contributed by atoms with van der Waals surface area (Å²) in [6.07, 6.45) is 2.58. The molecule has 0 fully saturated rings. The van der Waals surface area contributed by atoms with Gasteiger partial charge in [0.15, 0.2) is 0 Å². The van der Waals surface area contributed by atoms with Crippen molar-refractivity contribution in [3.8, 4) is 0 Å². The van der Waals surface area contributed by atoms with E-state index in [0.717, 1.165) is 23.7 Å². The lowest BCUT2D eigenvalue weighted by Crippen LogP contribution is -2.28. The smallest absolute Gasteiger partial charge is 0.255 e. The number of aliphatic hydroxyl groups excluding tert-OH is 1. The third-order valence-corrected chi connectivity index (χ3v) is 3.24. The average molecular weight is 315 g/mol. The van der Waals surface area contributed by atoms with Crippen LogP contribution in [0.3, 0.4) is 0 Å². The number of halogens is 1. The van der Waals surface area contributed by atoms with Crippen LogP contribution in [0.15, 0.2) is 22.7 Å². The first-order valence-electron chi connectivity index (χ1n) is 5.97. The highest BCUT2D eigenvalue weighted by Crippen LogP contribution is 2.19. The van der Waals surface area contributed by atoms with Gasteiger partial charge in [0.05, 0.1) is 5.56 Å². The highest BCUT2D eigenvalue weighted by atomic mass is 79.9. The molecule has 0 saturated carbocycles. The van der Waals surface area contributed by atoms with E-state index in [2.05, 4.69) is 15.9 Å². The number of nitrogens with two attached hydrogens (primary N) is 1. The number of nitrogen functional groups attached to an aromatic ring is 1. The van der Waals surface area contributed by atoms with Crippen LogP contribution in [0.1, 0.15) is 29.6 Å². The van der Waals surface area contributed by atoms with Crippen molar-refractivity contribution < 1.29 is 9.90 Å². The first-order valence-corrected chi connectivity index (χ1v) is 6.77. The van der Waals surface area contributed by atoms with Gasteiger partial charge in [0, 0.05) is 30.4 Å². The third-order valence-electron chi connectivity index (χ3n) is 2.74. The summed E-state index contributed by atoms with van der Waals surface area (Å²) in [7, 11) is 1.77. The maximum atomic E-state index is 12.2. The fourth-order valence-corrected chi connectivity index (χ4v) is 2.02. The van der Waals surface area contributed by atoms with Crippen molar-refractivity contribution in [3.63, 3.8) is 0 Å². The molecule has 0 bridgehead atoms. The number of benzene rings is 1. The van der Waals surface area contributed by atoms with E-state index in [0.29, 0.717) is 17.8 Å². The number of anilines is 1. The van der Waals surface area contributed by atoms with Gasteiger partial charge in [0.1, 0.15) is 0 Å². The van der Waals surface area contributed by atoms with E-state index in [9.17, 15) is 4.79 Å². The zero-order valence-corrected chi connectivity index (χ0v) is 12.1. The number of carbonyl (C=O) groups is 1. The molecule has 4 nitrogen and oxygen atoms in total. The third kappa shape index (κ3) is 4.31. The number of amides is 1. The van der Waals surface area contributed by atoms with Crippen LogP contribution in [0.25, 0.3) is 0 Å². The molecule has 0 aromatic heterocycles. The second-order valence-electron chi connectivity index (χ2n) is 4.24. The monoisotopic (exact) mass is 314 g/mol. The summed E-state index contributed by atoms with van der Waals surface area (Å²) < 4.78 is 0.841. The maximum Gasteiger partial charge on any atom is 0.255 e. The maximum absolute atomic E-state index is 12.2. The Labute approximate surface area is 116 Å². The fraction of sp³-hybridized carbons (Fsp3) is 0.462. The predicted molar refractivity (Wildman–Crippen MR) is 76.5 cm³/mol. The van der Waals surface area contributed by atoms with Gasteiger partial charge in [-0.3, -0.25) is 4.79 Å². The minimum atomic E-state index is -0.0715. The minimum Gasteiger partial charge on any atom is -0.398 e. The molecule has 0 aliphatic rings. The van der Waals surface area contributed by atoms with Crippen LogP contribution in [0.4, 0.5) is 5.69 Å². The van der Waals surface area contributed by atoms with E-state index in [4.69, 9.17) is 10.8 Å². The highest BCUT2D eigenvalue weighted by Gasteiger charge is 2.14. The average Bonchev–Trinajstić information content (AvgIpc) is 2.36. The second kappa shape index (κ2) is 7.38. The summed E-state index contributed by atoms with van der Waals surface area (Å²) in [5.74, 6) is -0.0715. The van der Waals surface area contributed by atoms with Crippen molar-refractivity contribution in [2.45, 2.75) is 19.3 Å². The molecule has 1 rings (SSSR count). The molecule has 1 aromatic carbocycles. The quantitative estimate of drug-likeness (QED) is 0.625. The van der Waals surface area contributed by atoms with E-state index in [1.54, 1.807) is 24.1 Å². The topological polar surface area (TPSA) is 66.6 Å². The first kappa shape index (κ1) is 15.0. The van der Waals surface area contributed by atoms with Crippen LogP contribution in [-0.4, -0.2) is 36.1 Å². The Balaban J connectivity index is 2.60. The Morgan fingerprint density at radius 1 is 1.39 bits per heavy atom. The lowest BCUT2D eigenvalue weighted by atomic mass is 10.1. The summed E-state index contributed by atoms with van der Waals surface area (Å²) in [5, 5.41) is 8.68. The number of nitrogens with zero attached hydrogens (tertiary/aromatic N) is 1. The molecule has 1 aromatic rings.